The van der Waals surface area contributed by atoms with Gasteiger partial charge in [-0.2, -0.15) is 0 Å². The molecule has 0 saturated heterocycles. The predicted octanol–water partition coefficient (Wildman–Crippen LogP) is 2.93. The normalized spacial score (nSPS) is 22.1. The van der Waals surface area contributed by atoms with E-state index in [0.717, 1.165) is 17.6 Å². The van der Waals surface area contributed by atoms with Gasteiger partial charge in [-0.3, -0.25) is 0 Å². The maximum Gasteiger partial charge on any atom is 0.136 e. The molecule has 98 valence electrons. The minimum absolute atomic E-state index is 0.480. The molecule has 1 atom stereocenters. The van der Waals surface area contributed by atoms with Crippen LogP contribution in [0, 0.1) is 5.92 Å². The number of nitrogens with zero attached hydrogens (tertiary/aromatic N) is 2. The van der Waals surface area contributed by atoms with Gasteiger partial charge in [-0.05, 0) is 38.5 Å². The molecule has 1 aromatic heterocycles. The van der Waals surface area contributed by atoms with Crippen LogP contribution in [0.2, 0.25) is 0 Å². The fraction of sp³-hybridized carbons (Fsp3) is 0.714. The van der Waals surface area contributed by atoms with Crippen LogP contribution in [0.1, 0.15) is 57.2 Å². The van der Waals surface area contributed by atoms with E-state index < -0.39 is 0 Å². The number of nitrogens with one attached hydrogen (secondary N) is 1. The number of nitrogen functional groups attached to an aromatic ring is 1. The second-order valence-corrected chi connectivity index (χ2v) is 5.79. The minimum atomic E-state index is 0.480. The average Bonchev–Trinajstić information content (AvgIpc) is 3.03. The van der Waals surface area contributed by atoms with E-state index in [4.69, 9.17) is 5.73 Å². The van der Waals surface area contributed by atoms with Gasteiger partial charge in [-0.15, -0.1) is 0 Å². The standard InChI is InChI=1S/C14H22N4/c1-9(10-4-2-3-5-10)16-13-8-12(15)17-14(18-13)11-6-7-11/h8-11H,2-7H2,1H3,(H3,15,16,17,18). The predicted molar refractivity (Wildman–Crippen MR) is 73.5 cm³/mol. The number of aromatic nitrogens is 2. The van der Waals surface area contributed by atoms with E-state index in [-0.39, 0.29) is 0 Å². The molecular formula is C14H22N4. The number of hydrogen-bond acceptors (Lipinski definition) is 4. The quantitative estimate of drug-likeness (QED) is 0.857. The molecule has 1 aromatic rings. The summed E-state index contributed by atoms with van der Waals surface area (Å²) in [5, 5.41) is 3.52. The second kappa shape index (κ2) is 4.75. The molecule has 2 fully saturated rings. The zero-order valence-electron chi connectivity index (χ0n) is 11.0. The maximum absolute atomic E-state index is 5.86. The third-order valence-corrected chi connectivity index (χ3v) is 4.19. The van der Waals surface area contributed by atoms with Crippen LogP contribution >= 0.6 is 0 Å². The summed E-state index contributed by atoms with van der Waals surface area (Å²) in [4.78, 5) is 8.93. The number of anilines is 2. The zero-order chi connectivity index (χ0) is 12.5. The van der Waals surface area contributed by atoms with Gasteiger partial charge in [-0.25, -0.2) is 9.97 Å². The van der Waals surface area contributed by atoms with Gasteiger partial charge >= 0.3 is 0 Å². The molecule has 18 heavy (non-hydrogen) atoms. The van der Waals surface area contributed by atoms with Crippen molar-refractivity contribution in [2.24, 2.45) is 5.92 Å². The van der Waals surface area contributed by atoms with Crippen LogP contribution in [-0.4, -0.2) is 16.0 Å². The molecular weight excluding hydrogens is 224 g/mol. The Balaban J connectivity index is 1.70. The van der Waals surface area contributed by atoms with Crippen molar-refractivity contribution in [2.75, 3.05) is 11.1 Å². The molecule has 0 spiro atoms. The molecule has 4 nitrogen and oxygen atoms in total. The van der Waals surface area contributed by atoms with E-state index in [1.807, 2.05) is 6.07 Å². The Morgan fingerprint density at radius 2 is 1.94 bits per heavy atom. The van der Waals surface area contributed by atoms with Crippen LogP contribution in [0.15, 0.2) is 6.07 Å². The third-order valence-electron chi connectivity index (χ3n) is 4.19. The van der Waals surface area contributed by atoms with Gasteiger partial charge in [0.25, 0.3) is 0 Å². The first-order chi connectivity index (χ1) is 8.72. The van der Waals surface area contributed by atoms with E-state index in [1.54, 1.807) is 0 Å². The molecule has 2 aliphatic rings. The summed E-state index contributed by atoms with van der Waals surface area (Å²) in [6.07, 6.45) is 7.84. The van der Waals surface area contributed by atoms with Crippen LogP contribution < -0.4 is 11.1 Å². The molecule has 4 heteroatoms. The Hall–Kier alpha value is -1.32. The lowest BCUT2D eigenvalue weighted by molar-refractivity contribution is 0.481. The molecule has 0 aliphatic heterocycles. The summed E-state index contributed by atoms with van der Waals surface area (Å²) < 4.78 is 0. The van der Waals surface area contributed by atoms with Gasteiger partial charge in [0.2, 0.25) is 0 Å². The molecule has 1 heterocycles. The highest BCUT2D eigenvalue weighted by Crippen LogP contribution is 2.38. The lowest BCUT2D eigenvalue weighted by Crippen LogP contribution is -2.24. The monoisotopic (exact) mass is 246 g/mol. The van der Waals surface area contributed by atoms with Gasteiger partial charge < -0.3 is 11.1 Å². The third kappa shape index (κ3) is 2.57. The highest BCUT2D eigenvalue weighted by Gasteiger charge is 2.28. The van der Waals surface area contributed by atoms with Crippen molar-refractivity contribution in [1.29, 1.82) is 0 Å². The summed E-state index contributed by atoms with van der Waals surface area (Å²) in [7, 11) is 0. The van der Waals surface area contributed by atoms with E-state index in [0.29, 0.717) is 17.8 Å². The molecule has 0 bridgehead atoms. The van der Waals surface area contributed by atoms with Crippen LogP contribution in [-0.2, 0) is 0 Å². The lowest BCUT2D eigenvalue weighted by atomic mass is 10.00. The van der Waals surface area contributed by atoms with Gasteiger partial charge in [0.1, 0.15) is 17.5 Å². The van der Waals surface area contributed by atoms with Crippen molar-refractivity contribution in [3.05, 3.63) is 11.9 Å². The first kappa shape index (κ1) is 11.8. The first-order valence-electron chi connectivity index (χ1n) is 7.13. The molecule has 0 amide bonds. The summed E-state index contributed by atoms with van der Waals surface area (Å²) >= 11 is 0. The molecule has 3 N–H and O–H groups in total. The van der Waals surface area contributed by atoms with Crippen molar-refractivity contribution in [1.82, 2.24) is 9.97 Å². The minimum Gasteiger partial charge on any atom is -0.384 e. The summed E-state index contributed by atoms with van der Waals surface area (Å²) in [5.74, 6) is 3.76. The maximum atomic E-state index is 5.86. The van der Waals surface area contributed by atoms with Crippen molar-refractivity contribution in [3.63, 3.8) is 0 Å². The summed E-state index contributed by atoms with van der Waals surface area (Å²) in [5.41, 5.74) is 5.86. The molecule has 2 saturated carbocycles. The number of nitrogens with two attached hydrogens (primary N) is 1. The molecule has 3 rings (SSSR count). The summed E-state index contributed by atoms with van der Waals surface area (Å²) in [6, 6.07) is 2.34. The van der Waals surface area contributed by atoms with E-state index in [1.165, 1.54) is 38.5 Å². The molecule has 0 radical (unpaired) electrons. The molecule has 0 aromatic carbocycles. The van der Waals surface area contributed by atoms with E-state index >= 15 is 0 Å². The Bertz CT molecular complexity index is 422. The van der Waals surface area contributed by atoms with Crippen molar-refractivity contribution < 1.29 is 0 Å². The van der Waals surface area contributed by atoms with E-state index in [9.17, 15) is 0 Å². The van der Waals surface area contributed by atoms with Gasteiger partial charge in [-0.1, -0.05) is 12.8 Å². The van der Waals surface area contributed by atoms with Crippen LogP contribution in [0.25, 0.3) is 0 Å². The van der Waals surface area contributed by atoms with Gasteiger partial charge in [0, 0.05) is 18.0 Å². The first-order valence-corrected chi connectivity index (χ1v) is 7.13. The van der Waals surface area contributed by atoms with Crippen molar-refractivity contribution in [2.45, 2.75) is 57.4 Å². The Kier molecular flexibility index (Phi) is 3.10. The van der Waals surface area contributed by atoms with Gasteiger partial charge in [0.15, 0.2) is 0 Å². The van der Waals surface area contributed by atoms with Gasteiger partial charge in [0.05, 0.1) is 0 Å². The largest absolute Gasteiger partial charge is 0.384 e. The van der Waals surface area contributed by atoms with Crippen LogP contribution in [0.4, 0.5) is 11.6 Å². The molecule has 1 unspecified atom stereocenters. The van der Waals surface area contributed by atoms with Crippen molar-refractivity contribution in [3.8, 4) is 0 Å². The SMILES string of the molecule is CC(Nc1cc(N)nc(C2CC2)n1)C1CCCC1. The average molecular weight is 246 g/mol. The fourth-order valence-corrected chi connectivity index (χ4v) is 2.89. The van der Waals surface area contributed by atoms with Crippen molar-refractivity contribution >= 4 is 11.6 Å². The fourth-order valence-electron chi connectivity index (χ4n) is 2.89. The summed E-state index contributed by atoms with van der Waals surface area (Å²) in [6.45, 7) is 2.26. The van der Waals surface area contributed by atoms with Crippen LogP contribution in [0.5, 0.6) is 0 Å². The molecule has 2 aliphatic carbocycles. The number of rotatable bonds is 4. The second-order valence-electron chi connectivity index (χ2n) is 5.79. The highest BCUT2D eigenvalue weighted by molar-refractivity contribution is 5.46. The Morgan fingerprint density at radius 1 is 1.22 bits per heavy atom. The van der Waals surface area contributed by atoms with Crippen LogP contribution in [0.3, 0.4) is 0 Å². The Labute approximate surface area is 108 Å². The Morgan fingerprint density at radius 3 is 2.61 bits per heavy atom. The smallest absolute Gasteiger partial charge is 0.136 e. The highest BCUT2D eigenvalue weighted by atomic mass is 15.1. The number of hydrogen-bond donors (Lipinski definition) is 2. The lowest BCUT2D eigenvalue weighted by Gasteiger charge is -2.21. The zero-order valence-corrected chi connectivity index (χ0v) is 11.0. The topological polar surface area (TPSA) is 63.8 Å². The van der Waals surface area contributed by atoms with E-state index in [2.05, 4.69) is 22.2 Å².